The van der Waals surface area contributed by atoms with Crippen molar-refractivity contribution in [3.8, 4) is 11.3 Å². The van der Waals surface area contributed by atoms with E-state index in [1.165, 1.54) is 0 Å². The van der Waals surface area contributed by atoms with Gasteiger partial charge in [0.05, 0.1) is 18.4 Å². The van der Waals surface area contributed by atoms with Crippen molar-refractivity contribution >= 4 is 15.9 Å². The molecule has 2 N–H and O–H groups in total. The average Bonchev–Trinajstić information content (AvgIpc) is 2.92. The highest BCUT2D eigenvalue weighted by molar-refractivity contribution is 9.10. The first kappa shape index (κ1) is 15.2. The molecule has 0 bridgehead atoms. The zero-order chi connectivity index (χ0) is 14.4. The summed E-state index contributed by atoms with van der Waals surface area (Å²) in [6, 6.07) is 8.21. The lowest BCUT2D eigenvalue weighted by molar-refractivity contribution is 0.348. The molecule has 0 radical (unpaired) electrons. The van der Waals surface area contributed by atoms with Crippen molar-refractivity contribution < 1.29 is 0 Å². The molecule has 0 unspecified atom stereocenters. The minimum Gasteiger partial charge on any atom is -0.341 e. The van der Waals surface area contributed by atoms with Crippen LogP contribution >= 0.6 is 15.9 Å². The summed E-state index contributed by atoms with van der Waals surface area (Å²) in [6.45, 7) is 6.03. The number of H-pyrrole nitrogens is 1. The largest absolute Gasteiger partial charge is 0.341 e. The van der Waals surface area contributed by atoms with Gasteiger partial charge in [-0.15, -0.1) is 0 Å². The number of imidazole rings is 1. The smallest absolute Gasteiger partial charge is 0.120 e. The number of nitrogens with zero attached hydrogens (tertiary/aromatic N) is 2. The normalized spacial score (nSPS) is 11.2. The standard InChI is InChI=1S/C15H21BrN4/c1-3-20(2)8-7-17-11-15-18-10-14(19-15)12-5-4-6-13(16)9-12/h4-6,9-10,17H,3,7-8,11H2,1-2H3,(H,18,19). The fourth-order valence-electron chi connectivity index (χ4n) is 1.89. The molecule has 2 aromatic rings. The Balaban J connectivity index is 1.86. The maximum Gasteiger partial charge on any atom is 0.120 e. The van der Waals surface area contributed by atoms with Crippen LogP contribution in [-0.2, 0) is 6.54 Å². The second-order valence-corrected chi connectivity index (χ2v) is 5.74. The number of hydrogen-bond acceptors (Lipinski definition) is 3. The van der Waals surface area contributed by atoms with E-state index in [9.17, 15) is 0 Å². The van der Waals surface area contributed by atoms with Crippen molar-refractivity contribution in [2.45, 2.75) is 13.5 Å². The maximum absolute atomic E-state index is 4.41. The zero-order valence-corrected chi connectivity index (χ0v) is 13.6. The molecule has 20 heavy (non-hydrogen) atoms. The Hall–Kier alpha value is -1.17. The lowest BCUT2D eigenvalue weighted by Gasteiger charge is -2.13. The molecular weight excluding hydrogens is 316 g/mol. The predicted molar refractivity (Wildman–Crippen MR) is 86.6 cm³/mol. The second-order valence-electron chi connectivity index (χ2n) is 4.83. The molecule has 0 aliphatic carbocycles. The van der Waals surface area contributed by atoms with E-state index < -0.39 is 0 Å². The summed E-state index contributed by atoms with van der Waals surface area (Å²) < 4.78 is 1.08. The van der Waals surface area contributed by atoms with Crippen LogP contribution in [0.5, 0.6) is 0 Å². The Morgan fingerprint density at radius 3 is 3.00 bits per heavy atom. The first-order chi connectivity index (χ1) is 9.69. The van der Waals surface area contributed by atoms with E-state index in [-0.39, 0.29) is 0 Å². The molecule has 0 spiro atoms. The number of nitrogens with one attached hydrogen (secondary N) is 2. The molecule has 1 aromatic heterocycles. The third-order valence-corrected chi connectivity index (χ3v) is 3.76. The van der Waals surface area contributed by atoms with Crippen molar-refractivity contribution in [2.24, 2.45) is 0 Å². The Kier molecular flexibility index (Phi) is 5.76. The molecule has 1 aromatic carbocycles. The van der Waals surface area contributed by atoms with Crippen LogP contribution in [0.3, 0.4) is 0 Å². The van der Waals surface area contributed by atoms with E-state index in [1.54, 1.807) is 0 Å². The summed E-state index contributed by atoms with van der Waals surface area (Å²) >= 11 is 3.49. The highest BCUT2D eigenvalue weighted by Crippen LogP contribution is 2.21. The first-order valence-corrected chi connectivity index (χ1v) is 7.67. The molecule has 0 saturated carbocycles. The number of halogens is 1. The SMILES string of the molecule is CCN(C)CCNCc1ncc(-c2cccc(Br)c2)[nH]1. The van der Waals surface area contributed by atoms with Crippen LogP contribution in [0.2, 0.25) is 0 Å². The number of hydrogen-bond donors (Lipinski definition) is 2. The van der Waals surface area contributed by atoms with E-state index in [2.05, 4.69) is 62.2 Å². The van der Waals surface area contributed by atoms with Crippen LogP contribution in [0, 0.1) is 0 Å². The number of likely N-dealkylation sites (N-methyl/N-ethyl adjacent to an activating group) is 1. The van der Waals surface area contributed by atoms with Gasteiger partial charge in [-0.3, -0.25) is 0 Å². The molecule has 0 aliphatic heterocycles. The van der Waals surface area contributed by atoms with E-state index in [0.29, 0.717) is 0 Å². The van der Waals surface area contributed by atoms with Crippen molar-refractivity contribution in [1.82, 2.24) is 20.2 Å². The quantitative estimate of drug-likeness (QED) is 0.764. The van der Waals surface area contributed by atoms with Gasteiger partial charge in [0.1, 0.15) is 5.82 Å². The summed E-state index contributed by atoms with van der Waals surface area (Å²) in [5.41, 5.74) is 2.19. The average molecular weight is 337 g/mol. The Labute approximate surface area is 128 Å². The first-order valence-electron chi connectivity index (χ1n) is 6.88. The van der Waals surface area contributed by atoms with E-state index >= 15 is 0 Å². The van der Waals surface area contributed by atoms with E-state index in [0.717, 1.165) is 47.7 Å². The molecule has 0 fully saturated rings. The Morgan fingerprint density at radius 2 is 2.25 bits per heavy atom. The molecular formula is C15H21BrN4. The molecule has 0 aliphatic rings. The summed E-state index contributed by atoms with van der Waals surface area (Å²) in [5, 5.41) is 3.40. The third-order valence-electron chi connectivity index (χ3n) is 3.27. The fourth-order valence-corrected chi connectivity index (χ4v) is 2.29. The van der Waals surface area contributed by atoms with Gasteiger partial charge in [-0.2, -0.15) is 0 Å². The van der Waals surface area contributed by atoms with Gasteiger partial charge in [-0.05, 0) is 25.7 Å². The van der Waals surface area contributed by atoms with Crippen LogP contribution in [-0.4, -0.2) is 41.5 Å². The molecule has 108 valence electrons. The summed E-state index contributed by atoms with van der Waals surface area (Å²) in [7, 11) is 2.12. The lowest BCUT2D eigenvalue weighted by Crippen LogP contribution is -2.29. The molecule has 0 saturated heterocycles. The summed E-state index contributed by atoms with van der Waals surface area (Å²) in [4.78, 5) is 10.0. The van der Waals surface area contributed by atoms with Gasteiger partial charge >= 0.3 is 0 Å². The van der Waals surface area contributed by atoms with Gasteiger partial charge in [0.2, 0.25) is 0 Å². The molecule has 5 heteroatoms. The van der Waals surface area contributed by atoms with Crippen LogP contribution in [0.15, 0.2) is 34.9 Å². The van der Waals surface area contributed by atoms with Crippen molar-refractivity contribution in [3.63, 3.8) is 0 Å². The van der Waals surface area contributed by atoms with Crippen molar-refractivity contribution in [1.29, 1.82) is 0 Å². The highest BCUT2D eigenvalue weighted by atomic mass is 79.9. The van der Waals surface area contributed by atoms with Crippen LogP contribution in [0.25, 0.3) is 11.3 Å². The van der Waals surface area contributed by atoms with Gasteiger partial charge in [-0.1, -0.05) is 35.0 Å². The second kappa shape index (κ2) is 7.57. The van der Waals surface area contributed by atoms with Gasteiger partial charge in [0, 0.05) is 23.1 Å². The van der Waals surface area contributed by atoms with Crippen molar-refractivity contribution in [3.05, 3.63) is 40.8 Å². The number of benzene rings is 1. The topological polar surface area (TPSA) is 44.0 Å². The van der Waals surface area contributed by atoms with E-state index in [4.69, 9.17) is 0 Å². The third kappa shape index (κ3) is 4.44. The molecule has 0 atom stereocenters. The van der Waals surface area contributed by atoms with Gasteiger partial charge < -0.3 is 15.2 Å². The molecule has 1 heterocycles. The van der Waals surface area contributed by atoms with Crippen LogP contribution in [0.4, 0.5) is 0 Å². The molecule has 0 amide bonds. The predicted octanol–water partition coefficient (Wildman–Crippen LogP) is 2.88. The monoisotopic (exact) mass is 336 g/mol. The summed E-state index contributed by atoms with van der Waals surface area (Å²) in [5.74, 6) is 0.971. The van der Waals surface area contributed by atoms with Gasteiger partial charge in [-0.25, -0.2) is 4.98 Å². The van der Waals surface area contributed by atoms with E-state index in [1.807, 2.05) is 18.3 Å². The number of aromatic amines is 1. The maximum atomic E-state index is 4.41. The minimum atomic E-state index is 0.769. The van der Waals surface area contributed by atoms with Gasteiger partial charge in [0.15, 0.2) is 0 Å². The summed E-state index contributed by atoms with van der Waals surface area (Å²) in [6.07, 6.45) is 1.89. The Morgan fingerprint density at radius 1 is 1.40 bits per heavy atom. The molecule has 2 rings (SSSR count). The lowest BCUT2D eigenvalue weighted by atomic mass is 10.2. The van der Waals surface area contributed by atoms with Crippen LogP contribution in [0.1, 0.15) is 12.7 Å². The number of rotatable bonds is 7. The Bertz CT molecular complexity index is 538. The molecule has 4 nitrogen and oxygen atoms in total. The number of aromatic nitrogens is 2. The zero-order valence-electron chi connectivity index (χ0n) is 12.0. The van der Waals surface area contributed by atoms with Crippen molar-refractivity contribution in [2.75, 3.05) is 26.7 Å². The minimum absolute atomic E-state index is 0.769. The van der Waals surface area contributed by atoms with Gasteiger partial charge in [0.25, 0.3) is 0 Å². The highest BCUT2D eigenvalue weighted by Gasteiger charge is 2.03. The fraction of sp³-hybridized carbons (Fsp3) is 0.400. The van der Waals surface area contributed by atoms with Crippen LogP contribution < -0.4 is 5.32 Å².